The van der Waals surface area contributed by atoms with Gasteiger partial charge in [-0.1, -0.05) is 17.7 Å². The molecule has 14 heavy (non-hydrogen) atoms. The second-order valence-corrected chi connectivity index (χ2v) is 3.95. The highest BCUT2D eigenvalue weighted by Gasteiger charge is 2.34. The molecular formula is C10H10ClNO2. The first-order valence-corrected chi connectivity index (χ1v) is 4.74. The normalized spacial score (nSPS) is 24.7. The van der Waals surface area contributed by atoms with Gasteiger partial charge in [0.1, 0.15) is 0 Å². The Morgan fingerprint density at radius 3 is 2.93 bits per heavy atom. The van der Waals surface area contributed by atoms with Crippen LogP contribution < -0.4 is 5.73 Å². The van der Waals surface area contributed by atoms with E-state index in [1.165, 1.54) is 0 Å². The molecule has 1 aliphatic carbocycles. The molecular weight excluding hydrogens is 202 g/mol. The summed E-state index contributed by atoms with van der Waals surface area (Å²) < 4.78 is 0. The third kappa shape index (κ3) is 1.38. The van der Waals surface area contributed by atoms with Gasteiger partial charge in [0.05, 0.1) is 5.92 Å². The van der Waals surface area contributed by atoms with Gasteiger partial charge in [-0.05, 0) is 29.7 Å². The van der Waals surface area contributed by atoms with E-state index in [1.807, 2.05) is 6.07 Å². The number of halogens is 1. The SMILES string of the molecule is NC1c2cc(Cl)ccc2CC1C(=O)O. The maximum Gasteiger partial charge on any atom is 0.308 e. The van der Waals surface area contributed by atoms with Crippen molar-refractivity contribution in [2.45, 2.75) is 12.5 Å². The van der Waals surface area contributed by atoms with Crippen LogP contribution in [0.1, 0.15) is 17.2 Å². The van der Waals surface area contributed by atoms with Gasteiger partial charge in [0, 0.05) is 11.1 Å². The van der Waals surface area contributed by atoms with Gasteiger partial charge < -0.3 is 10.8 Å². The van der Waals surface area contributed by atoms with Crippen LogP contribution in [0.15, 0.2) is 18.2 Å². The molecule has 1 aromatic rings. The zero-order valence-corrected chi connectivity index (χ0v) is 8.16. The molecule has 0 heterocycles. The van der Waals surface area contributed by atoms with Crippen LogP contribution in [0, 0.1) is 5.92 Å². The minimum absolute atomic E-state index is 0.429. The van der Waals surface area contributed by atoms with E-state index in [9.17, 15) is 4.79 Å². The maximum absolute atomic E-state index is 10.9. The van der Waals surface area contributed by atoms with E-state index in [4.69, 9.17) is 22.4 Å². The number of rotatable bonds is 1. The molecule has 0 fully saturated rings. The Morgan fingerprint density at radius 2 is 2.29 bits per heavy atom. The van der Waals surface area contributed by atoms with E-state index in [0.29, 0.717) is 11.4 Å². The van der Waals surface area contributed by atoms with Crippen LogP contribution in [-0.2, 0) is 11.2 Å². The lowest BCUT2D eigenvalue weighted by Crippen LogP contribution is -2.24. The molecule has 0 aromatic heterocycles. The average molecular weight is 212 g/mol. The number of carboxylic acid groups (broad SMARTS) is 1. The third-order valence-electron chi connectivity index (χ3n) is 2.66. The van der Waals surface area contributed by atoms with Crippen LogP contribution in [0.2, 0.25) is 5.02 Å². The molecule has 0 saturated heterocycles. The predicted molar refractivity (Wildman–Crippen MR) is 53.2 cm³/mol. The van der Waals surface area contributed by atoms with E-state index in [2.05, 4.69) is 0 Å². The van der Waals surface area contributed by atoms with Crippen molar-refractivity contribution >= 4 is 17.6 Å². The Labute approximate surface area is 86.5 Å². The van der Waals surface area contributed by atoms with Crippen LogP contribution in [0.3, 0.4) is 0 Å². The number of fused-ring (bicyclic) bond motifs is 1. The van der Waals surface area contributed by atoms with E-state index in [1.54, 1.807) is 12.1 Å². The number of hydrogen-bond donors (Lipinski definition) is 2. The molecule has 74 valence electrons. The average Bonchev–Trinajstić information content (AvgIpc) is 2.44. The van der Waals surface area contributed by atoms with E-state index in [0.717, 1.165) is 11.1 Å². The molecule has 0 radical (unpaired) electrons. The Morgan fingerprint density at radius 1 is 1.57 bits per heavy atom. The lowest BCUT2D eigenvalue weighted by atomic mass is 10.0. The van der Waals surface area contributed by atoms with Gasteiger partial charge in [-0.2, -0.15) is 0 Å². The molecule has 0 saturated carbocycles. The van der Waals surface area contributed by atoms with Gasteiger partial charge in [0.15, 0.2) is 0 Å². The Bertz CT molecular complexity index is 392. The smallest absolute Gasteiger partial charge is 0.308 e. The molecule has 1 aliphatic rings. The molecule has 0 bridgehead atoms. The highest BCUT2D eigenvalue weighted by atomic mass is 35.5. The van der Waals surface area contributed by atoms with E-state index < -0.39 is 17.9 Å². The summed E-state index contributed by atoms with van der Waals surface area (Å²) in [5.41, 5.74) is 7.68. The second-order valence-electron chi connectivity index (χ2n) is 3.52. The van der Waals surface area contributed by atoms with Crippen molar-refractivity contribution in [1.82, 2.24) is 0 Å². The van der Waals surface area contributed by atoms with Gasteiger partial charge >= 0.3 is 5.97 Å². The summed E-state index contributed by atoms with van der Waals surface area (Å²) in [5.74, 6) is -1.35. The van der Waals surface area contributed by atoms with Crippen molar-refractivity contribution in [3.8, 4) is 0 Å². The van der Waals surface area contributed by atoms with Gasteiger partial charge in [-0.25, -0.2) is 0 Å². The largest absolute Gasteiger partial charge is 0.481 e. The fourth-order valence-corrected chi connectivity index (χ4v) is 2.06. The molecule has 4 heteroatoms. The summed E-state index contributed by atoms with van der Waals surface area (Å²) in [6.45, 7) is 0. The Hall–Kier alpha value is -1.06. The van der Waals surface area contributed by atoms with Crippen molar-refractivity contribution < 1.29 is 9.90 Å². The minimum atomic E-state index is -0.843. The zero-order valence-electron chi connectivity index (χ0n) is 7.40. The van der Waals surface area contributed by atoms with Gasteiger partial charge in [0.2, 0.25) is 0 Å². The molecule has 0 aliphatic heterocycles. The maximum atomic E-state index is 10.9. The topological polar surface area (TPSA) is 63.3 Å². The molecule has 1 aromatic carbocycles. The minimum Gasteiger partial charge on any atom is -0.481 e. The van der Waals surface area contributed by atoms with Gasteiger partial charge in [-0.3, -0.25) is 4.79 Å². The first-order valence-electron chi connectivity index (χ1n) is 4.36. The predicted octanol–water partition coefficient (Wildman–Crippen LogP) is 1.60. The highest BCUT2D eigenvalue weighted by molar-refractivity contribution is 6.30. The van der Waals surface area contributed by atoms with Crippen LogP contribution in [-0.4, -0.2) is 11.1 Å². The van der Waals surface area contributed by atoms with Crippen molar-refractivity contribution in [3.05, 3.63) is 34.3 Å². The fraction of sp³-hybridized carbons (Fsp3) is 0.300. The summed E-state index contributed by atoms with van der Waals surface area (Å²) in [6.07, 6.45) is 0.503. The van der Waals surface area contributed by atoms with Crippen LogP contribution in [0.25, 0.3) is 0 Å². The molecule has 0 amide bonds. The third-order valence-corrected chi connectivity index (χ3v) is 2.89. The Kier molecular flexibility index (Phi) is 2.21. The monoisotopic (exact) mass is 211 g/mol. The lowest BCUT2D eigenvalue weighted by molar-refractivity contribution is -0.142. The van der Waals surface area contributed by atoms with Gasteiger partial charge in [-0.15, -0.1) is 0 Å². The number of carboxylic acids is 1. The second kappa shape index (κ2) is 3.26. The standard InChI is InChI=1S/C10H10ClNO2/c11-6-2-1-5-3-8(10(13)14)9(12)7(5)4-6/h1-2,4,8-9H,3,12H2,(H,13,14). The molecule has 2 unspecified atom stereocenters. The molecule has 3 nitrogen and oxygen atoms in total. The van der Waals surface area contributed by atoms with Crippen LogP contribution in [0.5, 0.6) is 0 Å². The quantitative estimate of drug-likeness (QED) is 0.742. The molecule has 3 N–H and O–H groups in total. The summed E-state index contributed by atoms with van der Waals surface area (Å²) in [4.78, 5) is 10.9. The fourth-order valence-electron chi connectivity index (χ4n) is 1.88. The highest BCUT2D eigenvalue weighted by Crippen LogP contribution is 2.35. The van der Waals surface area contributed by atoms with E-state index in [-0.39, 0.29) is 0 Å². The van der Waals surface area contributed by atoms with Crippen molar-refractivity contribution in [3.63, 3.8) is 0 Å². The molecule has 2 rings (SSSR count). The summed E-state index contributed by atoms with van der Waals surface area (Å²) in [6, 6.07) is 4.93. The first-order chi connectivity index (χ1) is 6.59. The summed E-state index contributed by atoms with van der Waals surface area (Å²) in [7, 11) is 0. The van der Waals surface area contributed by atoms with Crippen LogP contribution >= 0.6 is 11.6 Å². The van der Waals surface area contributed by atoms with E-state index >= 15 is 0 Å². The van der Waals surface area contributed by atoms with Crippen LogP contribution in [0.4, 0.5) is 0 Å². The Balaban J connectivity index is 2.41. The first kappa shape index (κ1) is 9.49. The molecule has 2 atom stereocenters. The summed E-state index contributed by atoms with van der Waals surface area (Å²) in [5, 5.41) is 9.51. The zero-order chi connectivity index (χ0) is 10.3. The molecule has 0 spiro atoms. The number of benzene rings is 1. The van der Waals surface area contributed by atoms with Crippen molar-refractivity contribution in [1.29, 1.82) is 0 Å². The lowest BCUT2D eigenvalue weighted by Gasteiger charge is -2.10. The van der Waals surface area contributed by atoms with Crippen molar-refractivity contribution in [2.24, 2.45) is 11.7 Å². The number of hydrogen-bond acceptors (Lipinski definition) is 2. The number of aliphatic carboxylic acids is 1. The van der Waals surface area contributed by atoms with Gasteiger partial charge in [0.25, 0.3) is 0 Å². The number of nitrogens with two attached hydrogens (primary N) is 1. The number of carbonyl (C=O) groups is 1. The van der Waals surface area contributed by atoms with Crippen molar-refractivity contribution in [2.75, 3.05) is 0 Å². The summed E-state index contributed by atoms with van der Waals surface area (Å²) >= 11 is 5.81.